The molecule has 0 aliphatic rings. The highest BCUT2D eigenvalue weighted by atomic mass is 14.9. The molecule has 3 nitrogen and oxygen atoms in total. The highest BCUT2D eigenvalue weighted by Gasteiger charge is 2.02. The lowest BCUT2D eigenvalue weighted by atomic mass is 10.1. The molecule has 0 aliphatic carbocycles. The summed E-state index contributed by atoms with van der Waals surface area (Å²) in [5.41, 5.74) is 8.90. The van der Waals surface area contributed by atoms with Gasteiger partial charge in [0, 0.05) is 23.8 Å². The average Bonchev–Trinajstić information content (AvgIpc) is 2.31. The van der Waals surface area contributed by atoms with Crippen molar-refractivity contribution in [2.24, 2.45) is 5.73 Å². The largest absolute Gasteiger partial charge is 0.384 e. The Kier molecular flexibility index (Phi) is 3.37. The molecule has 0 spiro atoms. The zero-order chi connectivity index (χ0) is 11.4. The number of aromatic nitrogens is 1. The molecule has 1 aromatic carbocycles. The van der Waals surface area contributed by atoms with E-state index in [-0.39, 0.29) is 0 Å². The molecule has 0 saturated carbocycles. The molecular weight excluding hydrogens is 198 g/mol. The molecular formula is C13H17N3. The number of benzene rings is 1. The lowest BCUT2D eigenvalue weighted by Crippen LogP contribution is -2.08. The Morgan fingerprint density at radius 1 is 1.31 bits per heavy atom. The fourth-order valence-electron chi connectivity index (χ4n) is 1.80. The third-order valence-electron chi connectivity index (χ3n) is 2.67. The fourth-order valence-corrected chi connectivity index (χ4v) is 1.80. The summed E-state index contributed by atoms with van der Waals surface area (Å²) in [6.07, 6.45) is 2.83. The van der Waals surface area contributed by atoms with E-state index in [0.29, 0.717) is 0 Å². The summed E-state index contributed by atoms with van der Waals surface area (Å²) < 4.78 is 0. The molecule has 0 radical (unpaired) electrons. The molecule has 2 rings (SSSR count). The van der Waals surface area contributed by atoms with E-state index < -0.39 is 0 Å². The molecule has 0 saturated heterocycles. The van der Waals surface area contributed by atoms with Crippen LogP contribution in [0.3, 0.4) is 0 Å². The maximum absolute atomic E-state index is 5.48. The molecule has 0 unspecified atom stereocenters. The van der Waals surface area contributed by atoms with Crippen molar-refractivity contribution in [2.45, 2.75) is 13.3 Å². The number of fused-ring (bicyclic) bond motifs is 1. The third-order valence-corrected chi connectivity index (χ3v) is 2.67. The van der Waals surface area contributed by atoms with Crippen molar-refractivity contribution in [1.29, 1.82) is 0 Å². The number of aryl methyl sites for hydroxylation is 1. The standard InChI is InChI=1S/C13H17N3/c1-10-4-2-5-11-12(15-8-3-7-14)6-9-16-13(10)11/h2,4-6,9H,3,7-8,14H2,1H3,(H,15,16). The minimum atomic E-state index is 0.717. The first-order valence-electron chi connectivity index (χ1n) is 5.61. The normalized spacial score (nSPS) is 10.6. The summed E-state index contributed by atoms with van der Waals surface area (Å²) >= 11 is 0. The summed E-state index contributed by atoms with van der Waals surface area (Å²) in [5.74, 6) is 0. The van der Waals surface area contributed by atoms with Crippen LogP contribution in [0.2, 0.25) is 0 Å². The second-order valence-corrected chi connectivity index (χ2v) is 3.90. The minimum absolute atomic E-state index is 0.717. The average molecular weight is 215 g/mol. The quantitative estimate of drug-likeness (QED) is 0.769. The van der Waals surface area contributed by atoms with E-state index in [1.807, 2.05) is 12.3 Å². The summed E-state index contributed by atoms with van der Waals surface area (Å²) in [6, 6.07) is 8.25. The smallest absolute Gasteiger partial charge is 0.0751 e. The highest BCUT2D eigenvalue weighted by Crippen LogP contribution is 2.23. The zero-order valence-electron chi connectivity index (χ0n) is 9.53. The van der Waals surface area contributed by atoms with Gasteiger partial charge in [-0.25, -0.2) is 0 Å². The number of para-hydroxylation sites is 1. The van der Waals surface area contributed by atoms with Gasteiger partial charge in [0.1, 0.15) is 0 Å². The van der Waals surface area contributed by atoms with Gasteiger partial charge in [-0.15, -0.1) is 0 Å². The molecule has 0 fully saturated rings. The molecule has 1 aromatic heterocycles. The third kappa shape index (κ3) is 2.14. The number of anilines is 1. The monoisotopic (exact) mass is 215 g/mol. The Morgan fingerprint density at radius 3 is 3.00 bits per heavy atom. The Labute approximate surface area is 95.7 Å². The molecule has 0 amide bonds. The van der Waals surface area contributed by atoms with E-state index in [1.54, 1.807) is 0 Å². The van der Waals surface area contributed by atoms with Crippen LogP contribution in [0.1, 0.15) is 12.0 Å². The Balaban J connectivity index is 2.34. The number of hydrogen-bond acceptors (Lipinski definition) is 3. The maximum atomic E-state index is 5.48. The summed E-state index contributed by atoms with van der Waals surface area (Å²) in [6.45, 7) is 3.71. The first-order valence-corrected chi connectivity index (χ1v) is 5.61. The van der Waals surface area contributed by atoms with Gasteiger partial charge in [0.2, 0.25) is 0 Å². The van der Waals surface area contributed by atoms with Crippen molar-refractivity contribution in [2.75, 3.05) is 18.4 Å². The van der Waals surface area contributed by atoms with Crippen LogP contribution in [0.4, 0.5) is 5.69 Å². The van der Waals surface area contributed by atoms with Crippen molar-refractivity contribution >= 4 is 16.6 Å². The molecule has 2 aromatic rings. The number of pyridine rings is 1. The Bertz CT molecular complexity index is 480. The number of rotatable bonds is 4. The molecule has 0 atom stereocenters. The maximum Gasteiger partial charge on any atom is 0.0751 e. The second kappa shape index (κ2) is 4.94. The van der Waals surface area contributed by atoms with Crippen LogP contribution in [-0.2, 0) is 0 Å². The van der Waals surface area contributed by atoms with E-state index in [9.17, 15) is 0 Å². The molecule has 3 N–H and O–H groups in total. The van der Waals surface area contributed by atoms with Gasteiger partial charge in [0.25, 0.3) is 0 Å². The topological polar surface area (TPSA) is 50.9 Å². The fraction of sp³-hybridized carbons (Fsp3) is 0.308. The second-order valence-electron chi connectivity index (χ2n) is 3.90. The molecule has 84 valence electrons. The predicted octanol–water partition coefficient (Wildman–Crippen LogP) is 2.30. The van der Waals surface area contributed by atoms with Crippen molar-refractivity contribution in [3.8, 4) is 0 Å². The molecule has 16 heavy (non-hydrogen) atoms. The van der Waals surface area contributed by atoms with Crippen LogP contribution >= 0.6 is 0 Å². The van der Waals surface area contributed by atoms with Gasteiger partial charge in [-0.05, 0) is 31.5 Å². The predicted molar refractivity (Wildman–Crippen MR) is 68.6 cm³/mol. The van der Waals surface area contributed by atoms with E-state index >= 15 is 0 Å². The van der Waals surface area contributed by atoms with E-state index in [2.05, 4.69) is 35.4 Å². The van der Waals surface area contributed by atoms with E-state index in [4.69, 9.17) is 5.73 Å². The summed E-state index contributed by atoms with van der Waals surface area (Å²) in [7, 11) is 0. The van der Waals surface area contributed by atoms with Crippen molar-refractivity contribution < 1.29 is 0 Å². The molecule has 0 aliphatic heterocycles. The summed E-state index contributed by atoms with van der Waals surface area (Å²) in [4.78, 5) is 4.40. The van der Waals surface area contributed by atoms with Crippen LogP contribution in [-0.4, -0.2) is 18.1 Å². The van der Waals surface area contributed by atoms with Gasteiger partial charge in [0.05, 0.1) is 5.52 Å². The van der Waals surface area contributed by atoms with E-state index in [1.165, 1.54) is 10.9 Å². The van der Waals surface area contributed by atoms with Crippen molar-refractivity contribution in [3.05, 3.63) is 36.0 Å². The SMILES string of the molecule is Cc1cccc2c(NCCCN)ccnc12. The first-order chi connectivity index (χ1) is 7.83. The highest BCUT2D eigenvalue weighted by molar-refractivity contribution is 5.92. The van der Waals surface area contributed by atoms with Gasteiger partial charge in [0.15, 0.2) is 0 Å². The van der Waals surface area contributed by atoms with Crippen molar-refractivity contribution in [1.82, 2.24) is 4.98 Å². The van der Waals surface area contributed by atoms with Crippen LogP contribution in [0, 0.1) is 6.92 Å². The first kappa shape index (κ1) is 10.9. The molecule has 3 heteroatoms. The van der Waals surface area contributed by atoms with Crippen LogP contribution < -0.4 is 11.1 Å². The number of nitrogens with one attached hydrogen (secondary N) is 1. The van der Waals surface area contributed by atoms with Gasteiger partial charge in [-0.3, -0.25) is 4.98 Å². The number of nitrogens with two attached hydrogens (primary N) is 1. The van der Waals surface area contributed by atoms with Crippen molar-refractivity contribution in [3.63, 3.8) is 0 Å². The number of nitrogens with zero attached hydrogens (tertiary/aromatic N) is 1. The lowest BCUT2D eigenvalue weighted by Gasteiger charge is -2.09. The van der Waals surface area contributed by atoms with Gasteiger partial charge in [-0.1, -0.05) is 18.2 Å². The van der Waals surface area contributed by atoms with E-state index in [0.717, 1.165) is 30.7 Å². The molecule has 1 heterocycles. The van der Waals surface area contributed by atoms with Gasteiger partial charge >= 0.3 is 0 Å². The zero-order valence-corrected chi connectivity index (χ0v) is 9.53. The Hall–Kier alpha value is -1.61. The molecule has 0 bridgehead atoms. The minimum Gasteiger partial charge on any atom is -0.384 e. The van der Waals surface area contributed by atoms with Gasteiger partial charge < -0.3 is 11.1 Å². The van der Waals surface area contributed by atoms with Crippen LogP contribution in [0.25, 0.3) is 10.9 Å². The summed E-state index contributed by atoms with van der Waals surface area (Å²) in [5, 5.41) is 4.58. The van der Waals surface area contributed by atoms with Crippen LogP contribution in [0.5, 0.6) is 0 Å². The Morgan fingerprint density at radius 2 is 2.19 bits per heavy atom. The number of hydrogen-bond donors (Lipinski definition) is 2. The lowest BCUT2D eigenvalue weighted by molar-refractivity contribution is 0.875. The van der Waals surface area contributed by atoms with Crippen LogP contribution in [0.15, 0.2) is 30.5 Å². The van der Waals surface area contributed by atoms with Gasteiger partial charge in [-0.2, -0.15) is 0 Å².